The van der Waals surface area contributed by atoms with E-state index in [4.69, 9.17) is 22.2 Å². The molecule has 1 atom stereocenters. The number of aryl methyl sites for hydroxylation is 1. The number of hydrazine groups is 1. The van der Waals surface area contributed by atoms with Gasteiger partial charge in [-0.05, 0) is 13.8 Å². The van der Waals surface area contributed by atoms with Gasteiger partial charge in [0.15, 0.2) is 6.04 Å². The van der Waals surface area contributed by atoms with E-state index in [-0.39, 0.29) is 12.5 Å². The number of aromatic nitrogens is 2. The largest absolute Gasteiger partial charge is 0.382 e. The summed E-state index contributed by atoms with van der Waals surface area (Å²) in [6.45, 7) is 3.74. The van der Waals surface area contributed by atoms with Gasteiger partial charge in [-0.1, -0.05) is 11.6 Å². The Hall–Kier alpha value is -1.11. The van der Waals surface area contributed by atoms with Crippen LogP contribution >= 0.6 is 11.6 Å². The summed E-state index contributed by atoms with van der Waals surface area (Å²) in [5, 5.41) is 4.73. The summed E-state index contributed by atoms with van der Waals surface area (Å²) in [6, 6.07) is -0.610. The van der Waals surface area contributed by atoms with Gasteiger partial charge in [0.2, 0.25) is 0 Å². The molecule has 6 nitrogen and oxygen atoms in total. The molecule has 90 valence electrons. The van der Waals surface area contributed by atoms with E-state index in [9.17, 15) is 4.79 Å². The molecule has 7 heteroatoms. The number of halogens is 1. The lowest BCUT2D eigenvalue weighted by Crippen LogP contribution is -2.39. The zero-order valence-electron chi connectivity index (χ0n) is 9.45. The summed E-state index contributed by atoms with van der Waals surface area (Å²) >= 11 is 6.00. The van der Waals surface area contributed by atoms with Gasteiger partial charge in [-0.3, -0.25) is 14.9 Å². The molecule has 0 aliphatic carbocycles. The van der Waals surface area contributed by atoms with Crippen LogP contribution < -0.4 is 11.3 Å². The summed E-state index contributed by atoms with van der Waals surface area (Å²) in [6.07, 6.45) is 0. The molecule has 0 saturated carbocycles. The highest BCUT2D eigenvalue weighted by Crippen LogP contribution is 2.22. The van der Waals surface area contributed by atoms with Crippen LogP contribution in [0.25, 0.3) is 0 Å². The molecule has 16 heavy (non-hydrogen) atoms. The first kappa shape index (κ1) is 13.0. The van der Waals surface area contributed by atoms with Crippen molar-refractivity contribution in [3.05, 3.63) is 16.4 Å². The van der Waals surface area contributed by atoms with Crippen molar-refractivity contribution in [1.82, 2.24) is 15.2 Å². The van der Waals surface area contributed by atoms with Crippen molar-refractivity contribution in [3.8, 4) is 0 Å². The maximum absolute atomic E-state index is 11.6. The quantitative estimate of drug-likeness (QED) is 0.456. The van der Waals surface area contributed by atoms with Crippen LogP contribution in [0.2, 0.25) is 5.02 Å². The van der Waals surface area contributed by atoms with Crippen LogP contribution in [0.15, 0.2) is 0 Å². The molecule has 0 radical (unpaired) electrons. The first-order chi connectivity index (χ1) is 7.52. The Bertz CT molecular complexity index is 391. The van der Waals surface area contributed by atoms with Crippen molar-refractivity contribution in [2.24, 2.45) is 5.84 Å². The Morgan fingerprint density at radius 1 is 1.69 bits per heavy atom. The minimum absolute atomic E-state index is 0.182. The van der Waals surface area contributed by atoms with E-state index in [2.05, 4.69) is 10.5 Å². The van der Waals surface area contributed by atoms with Gasteiger partial charge in [-0.15, -0.1) is 0 Å². The Morgan fingerprint density at radius 2 is 2.31 bits per heavy atom. The normalized spacial score (nSPS) is 12.6. The molecule has 1 aromatic rings. The molecular formula is C9H15ClN4O2. The third kappa shape index (κ3) is 2.34. The molecule has 1 unspecified atom stereocenters. The van der Waals surface area contributed by atoms with Crippen LogP contribution in [0.3, 0.4) is 0 Å². The number of hydrogen-bond donors (Lipinski definition) is 2. The standard InChI is InChI=1S/C9H15ClN4O2/c1-5-8(10)6(2)14(13-5)7(4-16-3)9(15)12-11/h7H,4,11H2,1-3H3,(H,12,15). The van der Waals surface area contributed by atoms with Crippen molar-refractivity contribution in [2.45, 2.75) is 19.9 Å². The molecule has 0 fully saturated rings. The minimum atomic E-state index is -0.610. The molecule has 0 aliphatic rings. The topological polar surface area (TPSA) is 82.2 Å². The Labute approximate surface area is 98.7 Å². The van der Waals surface area contributed by atoms with Gasteiger partial charge in [0, 0.05) is 7.11 Å². The van der Waals surface area contributed by atoms with E-state index < -0.39 is 6.04 Å². The highest BCUT2D eigenvalue weighted by molar-refractivity contribution is 6.31. The second kappa shape index (κ2) is 5.29. The Morgan fingerprint density at radius 3 is 2.69 bits per heavy atom. The maximum atomic E-state index is 11.6. The Balaban J connectivity index is 3.10. The molecule has 3 N–H and O–H groups in total. The smallest absolute Gasteiger partial charge is 0.261 e. The molecule has 0 bridgehead atoms. The number of nitrogens with zero attached hydrogens (tertiary/aromatic N) is 2. The number of nitrogens with two attached hydrogens (primary N) is 1. The lowest BCUT2D eigenvalue weighted by atomic mass is 10.3. The summed E-state index contributed by atoms with van der Waals surface area (Å²) < 4.78 is 6.48. The van der Waals surface area contributed by atoms with Gasteiger partial charge >= 0.3 is 0 Å². The second-order valence-corrected chi connectivity index (χ2v) is 3.79. The van der Waals surface area contributed by atoms with Gasteiger partial charge in [-0.2, -0.15) is 5.10 Å². The average Bonchev–Trinajstić information content (AvgIpc) is 2.53. The fourth-order valence-electron chi connectivity index (χ4n) is 1.46. The summed E-state index contributed by atoms with van der Waals surface area (Å²) in [5.74, 6) is 4.74. The van der Waals surface area contributed by atoms with Crippen molar-refractivity contribution in [2.75, 3.05) is 13.7 Å². The maximum Gasteiger partial charge on any atom is 0.261 e. The fourth-order valence-corrected chi connectivity index (χ4v) is 1.58. The lowest BCUT2D eigenvalue weighted by molar-refractivity contribution is -0.126. The molecular weight excluding hydrogens is 232 g/mol. The highest BCUT2D eigenvalue weighted by Gasteiger charge is 2.24. The van der Waals surface area contributed by atoms with E-state index >= 15 is 0 Å². The zero-order valence-corrected chi connectivity index (χ0v) is 10.2. The third-order valence-electron chi connectivity index (χ3n) is 2.30. The monoisotopic (exact) mass is 246 g/mol. The first-order valence-electron chi connectivity index (χ1n) is 4.73. The minimum Gasteiger partial charge on any atom is -0.382 e. The molecule has 1 rings (SSSR count). The van der Waals surface area contributed by atoms with Crippen LogP contribution in [0.4, 0.5) is 0 Å². The van der Waals surface area contributed by atoms with Crippen LogP contribution in [0.5, 0.6) is 0 Å². The zero-order chi connectivity index (χ0) is 12.3. The predicted octanol–water partition coefficient (Wildman–Crippen LogP) is 0.331. The molecule has 0 aromatic carbocycles. The molecule has 1 amide bonds. The van der Waals surface area contributed by atoms with E-state index in [0.29, 0.717) is 16.4 Å². The van der Waals surface area contributed by atoms with Crippen molar-refractivity contribution in [3.63, 3.8) is 0 Å². The molecule has 0 aliphatic heterocycles. The van der Waals surface area contributed by atoms with Crippen LogP contribution in [-0.4, -0.2) is 29.4 Å². The van der Waals surface area contributed by atoms with Crippen LogP contribution in [-0.2, 0) is 9.53 Å². The molecule has 1 aromatic heterocycles. The van der Waals surface area contributed by atoms with Crippen LogP contribution in [0, 0.1) is 13.8 Å². The first-order valence-corrected chi connectivity index (χ1v) is 5.11. The number of methoxy groups -OCH3 is 1. The predicted molar refractivity (Wildman–Crippen MR) is 60.0 cm³/mol. The number of carbonyl (C=O) groups excluding carboxylic acids is 1. The van der Waals surface area contributed by atoms with E-state index in [0.717, 1.165) is 0 Å². The number of ether oxygens (including phenoxy) is 1. The van der Waals surface area contributed by atoms with Gasteiger partial charge < -0.3 is 4.74 Å². The fraction of sp³-hybridized carbons (Fsp3) is 0.556. The van der Waals surface area contributed by atoms with E-state index in [1.807, 2.05) is 0 Å². The molecule has 1 heterocycles. The molecule has 0 spiro atoms. The number of rotatable bonds is 4. The van der Waals surface area contributed by atoms with E-state index in [1.54, 1.807) is 13.8 Å². The van der Waals surface area contributed by atoms with Crippen molar-refractivity contribution in [1.29, 1.82) is 0 Å². The average molecular weight is 247 g/mol. The SMILES string of the molecule is COCC(C(=O)NN)n1nc(C)c(Cl)c1C. The van der Waals surface area contributed by atoms with Gasteiger partial charge in [0.1, 0.15) is 0 Å². The van der Waals surface area contributed by atoms with Crippen LogP contribution in [0.1, 0.15) is 17.4 Å². The van der Waals surface area contributed by atoms with E-state index in [1.165, 1.54) is 11.8 Å². The lowest BCUT2D eigenvalue weighted by Gasteiger charge is -2.16. The highest BCUT2D eigenvalue weighted by atomic mass is 35.5. The van der Waals surface area contributed by atoms with Gasteiger partial charge in [0.05, 0.1) is 23.0 Å². The van der Waals surface area contributed by atoms with Crippen molar-refractivity contribution >= 4 is 17.5 Å². The number of hydrogen-bond acceptors (Lipinski definition) is 4. The third-order valence-corrected chi connectivity index (χ3v) is 2.85. The molecule has 0 saturated heterocycles. The second-order valence-electron chi connectivity index (χ2n) is 3.41. The number of nitrogens with one attached hydrogen (secondary N) is 1. The summed E-state index contributed by atoms with van der Waals surface area (Å²) in [7, 11) is 1.50. The number of carbonyl (C=O) groups is 1. The summed E-state index contributed by atoms with van der Waals surface area (Å²) in [4.78, 5) is 11.6. The number of amides is 1. The van der Waals surface area contributed by atoms with Crippen molar-refractivity contribution < 1.29 is 9.53 Å². The van der Waals surface area contributed by atoms with Gasteiger partial charge in [-0.25, -0.2) is 5.84 Å². The summed E-state index contributed by atoms with van der Waals surface area (Å²) in [5.41, 5.74) is 3.47. The van der Waals surface area contributed by atoms with Gasteiger partial charge in [0.25, 0.3) is 5.91 Å². The Kier molecular flexibility index (Phi) is 4.28.